The van der Waals surface area contributed by atoms with E-state index in [1.165, 1.54) is 5.56 Å². The highest BCUT2D eigenvalue weighted by molar-refractivity contribution is 9.10. The van der Waals surface area contributed by atoms with Crippen molar-refractivity contribution < 1.29 is 0 Å². The van der Waals surface area contributed by atoms with Crippen molar-refractivity contribution in [1.82, 2.24) is 4.98 Å². The number of nitrogens with two attached hydrogens (primary N) is 1. The van der Waals surface area contributed by atoms with Crippen LogP contribution in [0.4, 0.5) is 0 Å². The van der Waals surface area contributed by atoms with E-state index < -0.39 is 0 Å². The molecule has 2 nitrogen and oxygen atoms in total. The van der Waals surface area contributed by atoms with Crippen LogP contribution < -0.4 is 5.73 Å². The third-order valence-electron chi connectivity index (χ3n) is 2.58. The van der Waals surface area contributed by atoms with Crippen molar-refractivity contribution in [2.45, 2.75) is 16.7 Å². The van der Waals surface area contributed by atoms with Crippen LogP contribution in [0, 0.1) is 0 Å². The Balaban J connectivity index is 2.19. The maximum atomic E-state index is 5.71. The molecule has 0 fully saturated rings. The number of rotatable bonds is 5. The predicted octanol–water partition coefficient (Wildman–Crippen LogP) is 4.03. The number of aromatic nitrogens is 1. The first-order chi connectivity index (χ1) is 8.81. The molecule has 2 aromatic rings. The highest BCUT2D eigenvalue weighted by atomic mass is 79.9. The van der Waals surface area contributed by atoms with E-state index in [9.17, 15) is 0 Å². The summed E-state index contributed by atoms with van der Waals surface area (Å²) in [6.07, 6.45) is 2.76. The summed E-state index contributed by atoms with van der Waals surface area (Å²) in [5, 5.41) is 1.36. The molecule has 0 saturated carbocycles. The maximum absolute atomic E-state index is 5.71. The van der Waals surface area contributed by atoms with Gasteiger partial charge in [0.15, 0.2) is 0 Å². The molecule has 0 aliphatic rings. The van der Waals surface area contributed by atoms with Gasteiger partial charge in [0.2, 0.25) is 0 Å². The molecule has 0 bridgehead atoms. The van der Waals surface area contributed by atoms with Crippen molar-refractivity contribution in [3.05, 3.63) is 58.7 Å². The van der Waals surface area contributed by atoms with Crippen LogP contribution in [0.3, 0.4) is 0 Å². The summed E-state index contributed by atoms with van der Waals surface area (Å²) < 4.78 is 1.04. The van der Waals surface area contributed by atoms with E-state index in [4.69, 9.17) is 5.73 Å². The molecule has 0 amide bonds. The van der Waals surface area contributed by atoms with E-state index in [-0.39, 0.29) is 0 Å². The maximum Gasteiger partial charge on any atom is 0.111 e. The Bertz CT molecular complexity index is 490. The Morgan fingerprint density at radius 2 is 1.94 bits per heavy atom. The molecular formula is C14H15BrN2S. The van der Waals surface area contributed by atoms with Gasteiger partial charge in [-0.3, -0.25) is 0 Å². The number of nitrogens with zero attached hydrogens (tertiary/aromatic N) is 1. The monoisotopic (exact) mass is 322 g/mol. The van der Waals surface area contributed by atoms with Crippen LogP contribution >= 0.6 is 27.7 Å². The first-order valence-corrected chi connectivity index (χ1v) is 7.50. The average molecular weight is 323 g/mol. The molecule has 4 heteroatoms. The van der Waals surface area contributed by atoms with Gasteiger partial charge in [0.1, 0.15) is 5.03 Å². The molecule has 0 aliphatic carbocycles. The third-order valence-corrected chi connectivity index (χ3v) is 4.82. The highest BCUT2D eigenvalue weighted by Gasteiger charge is 2.14. The summed E-state index contributed by atoms with van der Waals surface area (Å²) in [6, 6.07) is 14.4. The molecule has 0 aliphatic heterocycles. The SMILES string of the molecule is NCCC(Sc1ncccc1Br)c1ccccc1. The quantitative estimate of drug-likeness (QED) is 0.845. The third kappa shape index (κ3) is 3.57. The van der Waals surface area contributed by atoms with E-state index in [0.717, 1.165) is 15.9 Å². The molecule has 1 heterocycles. The summed E-state index contributed by atoms with van der Waals surface area (Å²) >= 11 is 5.29. The van der Waals surface area contributed by atoms with Gasteiger partial charge in [0.05, 0.1) is 0 Å². The smallest absolute Gasteiger partial charge is 0.111 e. The molecule has 0 saturated heterocycles. The average Bonchev–Trinajstić information content (AvgIpc) is 2.42. The first kappa shape index (κ1) is 13.6. The fourth-order valence-corrected chi connectivity index (χ4v) is 3.36. The van der Waals surface area contributed by atoms with Gasteiger partial charge in [0.25, 0.3) is 0 Å². The van der Waals surface area contributed by atoms with Crippen molar-refractivity contribution in [1.29, 1.82) is 0 Å². The summed E-state index contributed by atoms with van der Waals surface area (Å²) in [6.45, 7) is 0.678. The van der Waals surface area contributed by atoms with Gasteiger partial charge in [-0.1, -0.05) is 42.1 Å². The lowest BCUT2D eigenvalue weighted by Gasteiger charge is -2.16. The summed E-state index contributed by atoms with van der Waals surface area (Å²) in [7, 11) is 0. The number of benzene rings is 1. The second-order valence-electron chi connectivity index (χ2n) is 3.88. The minimum Gasteiger partial charge on any atom is -0.330 e. The summed E-state index contributed by atoms with van der Waals surface area (Å²) in [4.78, 5) is 4.40. The van der Waals surface area contributed by atoms with Gasteiger partial charge in [0, 0.05) is 15.9 Å². The van der Waals surface area contributed by atoms with Gasteiger partial charge in [-0.2, -0.15) is 0 Å². The van der Waals surface area contributed by atoms with Crippen LogP contribution in [0.15, 0.2) is 58.2 Å². The zero-order valence-corrected chi connectivity index (χ0v) is 12.3. The molecule has 1 unspecified atom stereocenters. The fourth-order valence-electron chi connectivity index (χ4n) is 1.71. The van der Waals surface area contributed by atoms with Gasteiger partial charge in [-0.25, -0.2) is 4.98 Å². The van der Waals surface area contributed by atoms with Crippen molar-refractivity contribution >= 4 is 27.7 Å². The predicted molar refractivity (Wildman–Crippen MR) is 80.6 cm³/mol. The van der Waals surface area contributed by atoms with Gasteiger partial charge < -0.3 is 5.73 Å². The lowest BCUT2D eigenvalue weighted by Crippen LogP contribution is -2.05. The van der Waals surface area contributed by atoms with E-state index in [1.807, 2.05) is 24.4 Å². The summed E-state index contributed by atoms with van der Waals surface area (Å²) in [5.74, 6) is 0. The Hall–Kier alpha value is -0.840. The van der Waals surface area contributed by atoms with E-state index in [1.54, 1.807) is 11.8 Å². The van der Waals surface area contributed by atoms with Crippen molar-refractivity contribution in [3.63, 3.8) is 0 Å². The van der Waals surface area contributed by atoms with Gasteiger partial charge in [-0.05, 0) is 46.6 Å². The zero-order valence-electron chi connectivity index (χ0n) is 9.92. The molecule has 2 rings (SSSR count). The number of hydrogen-bond donors (Lipinski definition) is 1. The van der Waals surface area contributed by atoms with E-state index in [0.29, 0.717) is 11.8 Å². The zero-order chi connectivity index (χ0) is 12.8. The second-order valence-corrected chi connectivity index (χ2v) is 5.93. The van der Waals surface area contributed by atoms with Gasteiger partial charge in [-0.15, -0.1) is 0 Å². The van der Waals surface area contributed by atoms with Crippen molar-refractivity contribution in [2.24, 2.45) is 5.73 Å². The molecule has 94 valence electrons. The van der Waals surface area contributed by atoms with Gasteiger partial charge >= 0.3 is 0 Å². The first-order valence-electron chi connectivity index (χ1n) is 5.83. The second kappa shape index (κ2) is 6.92. The van der Waals surface area contributed by atoms with Crippen LogP contribution in [0.1, 0.15) is 17.2 Å². The Morgan fingerprint density at radius 1 is 1.17 bits per heavy atom. The van der Waals surface area contributed by atoms with Crippen LogP contribution in [-0.2, 0) is 0 Å². The molecule has 1 aromatic heterocycles. The Labute approximate surface area is 120 Å². The lowest BCUT2D eigenvalue weighted by atomic mass is 10.1. The molecule has 18 heavy (non-hydrogen) atoms. The molecule has 1 aromatic carbocycles. The van der Waals surface area contributed by atoms with Crippen LogP contribution in [-0.4, -0.2) is 11.5 Å². The molecule has 1 atom stereocenters. The number of halogens is 1. The topological polar surface area (TPSA) is 38.9 Å². The summed E-state index contributed by atoms with van der Waals surface area (Å²) in [5.41, 5.74) is 7.01. The number of hydrogen-bond acceptors (Lipinski definition) is 3. The highest BCUT2D eigenvalue weighted by Crippen LogP contribution is 2.39. The van der Waals surface area contributed by atoms with Crippen LogP contribution in [0.2, 0.25) is 0 Å². The lowest BCUT2D eigenvalue weighted by molar-refractivity contribution is 0.811. The number of thioether (sulfide) groups is 1. The minimum atomic E-state index is 0.349. The Morgan fingerprint density at radius 3 is 2.61 bits per heavy atom. The van der Waals surface area contributed by atoms with Crippen LogP contribution in [0.5, 0.6) is 0 Å². The fraction of sp³-hybridized carbons (Fsp3) is 0.214. The van der Waals surface area contributed by atoms with Crippen molar-refractivity contribution in [2.75, 3.05) is 6.54 Å². The molecule has 2 N–H and O–H groups in total. The van der Waals surface area contributed by atoms with Crippen LogP contribution in [0.25, 0.3) is 0 Å². The number of pyridine rings is 1. The molecule has 0 radical (unpaired) electrons. The molecular weight excluding hydrogens is 308 g/mol. The largest absolute Gasteiger partial charge is 0.330 e. The van der Waals surface area contributed by atoms with E-state index in [2.05, 4.69) is 45.2 Å². The normalized spacial score (nSPS) is 12.3. The minimum absolute atomic E-state index is 0.349. The standard InChI is InChI=1S/C14H15BrN2S/c15-12-7-4-10-17-14(12)18-13(8-9-16)11-5-2-1-3-6-11/h1-7,10,13H,8-9,16H2. The Kier molecular flexibility index (Phi) is 5.23. The molecule has 0 spiro atoms. The van der Waals surface area contributed by atoms with Crippen molar-refractivity contribution in [3.8, 4) is 0 Å². The van der Waals surface area contributed by atoms with E-state index >= 15 is 0 Å².